The van der Waals surface area contributed by atoms with Crippen molar-refractivity contribution in [3.05, 3.63) is 54.1 Å². The Morgan fingerprint density at radius 2 is 1.80 bits per heavy atom. The smallest absolute Gasteiger partial charge is 0.243 e. The zero-order valence-electron chi connectivity index (χ0n) is 11.0. The Hall–Kier alpha value is -2.05. The lowest BCUT2D eigenvalue weighted by atomic mass is 10.2. The standard InChI is InChI=1S/C14H16N2O3S/c1-16(10-11-5-3-2-4-6-11)20(18,19)12-7-8-14(17)13(15)9-12/h2-9,17H,10,15H2,1H3. The molecule has 0 aliphatic rings. The van der Waals surface area contributed by atoms with E-state index in [1.807, 2.05) is 30.3 Å². The van der Waals surface area contributed by atoms with E-state index in [4.69, 9.17) is 5.73 Å². The fourth-order valence-electron chi connectivity index (χ4n) is 1.80. The first-order valence-electron chi connectivity index (χ1n) is 6.00. The van der Waals surface area contributed by atoms with Crippen LogP contribution in [0.3, 0.4) is 0 Å². The van der Waals surface area contributed by atoms with E-state index in [0.717, 1.165) is 5.56 Å². The number of nitrogens with zero attached hydrogens (tertiary/aromatic N) is 1. The predicted octanol–water partition coefficient (Wildman–Crippen LogP) is 1.80. The minimum absolute atomic E-state index is 0.0409. The number of aromatic hydroxyl groups is 1. The summed E-state index contributed by atoms with van der Waals surface area (Å²) >= 11 is 0. The molecule has 0 saturated heterocycles. The second kappa shape index (κ2) is 5.52. The molecule has 0 spiro atoms. The molecule has 20 heavy (non-hydrogen) atoms. The van der Waals surface area contributed by atoms with Crippen molar-refractivity contribution >= 4 is 15.7 Å². The zero-order valence-corrected chi connectivity index (χ0v) is 11.8. The lowest BCUT2D eigenvalue weighted by Gasteiger charge is -2.17. The SMILES string of the molecule is CN(Cc1ccccc1)S(=O)(=O)c1ccc(O)c(N)c1. The highest BCUT2D eigenvalue weighted by Crippen LogP contribution is 2.25. The van der Waals surface area contributed by atoms with E-state index in [0.29, 0.717) is 0 Å². The topological polar surface area (TPSA) is 83.6 Å². The van der Waals surface area contributed by atoms with E-state index in [-0.39, 0.29) is 22.9 Å². The molecular formula is C14H16N2O3S. The number of hydrogen-bond donors (Lipinski definition) is 2. The molecule has 6 heteroatoms. The molecule has 2 aromatic carbocycles. The van der Waals surface area contributed by atoms with Gasteiger partial charge in [-0.25, -0.2) is 8.42 Å². The van der Waals surface area contributed by atoms with Crippen LogP contribution in [0.2, 0.25) is 0 Å². The number of nitrogen functional groups attached to an aromatic ring is 1. The van der Waals surface area contributed by atoms with Crippen LogP contribution in [0.1, 0.15) is 5.56 Å². The summed E-state index contributed by atoms with van der Waals surface area (Å²) in [5.74, 6) is -0.130. The van der Waals surface area contributed by atoms with Crippen LogP contribution in [0, 0.1) is 0 Å². The van der Waals surface area contributed by atoms with E-state index < -0.39 is 10.0 Å². The summed E-state index contributed by atoms with van der Waals surface area (Å²) in [7, 11) is -2.13. The van der Waals surface area contributed by atoms with E-state index in [2.05, 4.69) is 0 Å². The van der Waals surface area contributed by atoms with E-state index in [9.17, 15) is 13.5 Å². The number of rotatable bonds is 4. The molecular weight excluding hydrogens is 276 g/mol. The highest BCUT2D eigenvalue weighted by molar-refractivity contribution is 7.89. The van der Waals surface area contributed by atoms with Gasteiger partial charge in [0.05, 0.1) is 10.6 Å². The van der Waals surface area contributed by atoms with Gasteiger partial charge >= 0.3 is 0 Å². The van der Waals surface area contributed by atoms with Gasteiger partial charge in [0.25, 0.3) is 0 Å². The molecule has 0 bridgehead atoms. The average molecular weight is 292 g/mol. The average Bonchev–Trinajstić information content (AvgIpc) is 2.42. The highest BCUT2D eigenvalue weighted by Gasteiger charge is 2.21. The summed E-state index contributed by atoms with van der Waals surface area (Å²) in [6.07, 6.45) is 0. The summed E-state index contributed by atoms with van der Waals surface area (Å²) in [5, 5.41) is 9.35. The second-order valence-corrected chi connectivity index (χ2v) is 6.51. The number of phenolic OH excluding ortho intramolecular Hbond substituents is 1. The van der Waals surface area contributed by atoms with Gasteiger partial charge in [0.15, 0.2) is 0 Å². The monoisotopic (exact) mass is 292 g/mol. The zero-order chi connectivity index (χ0) is 14.8. The summed E-state index contributed by atoms with van der Waals surface area (Å²) in [6.45, 7) is 0.268. The minimum Gasteiger partial charge on any atom is -0.506 e. The van der Waals surface area contributed by atoms with Gasteiger partial charge in [-0.05, 0) is 23.8 Å². The first-order valence-corrected chi connectivity index (χ1v) is 7.44. The minimum atomic E-state index is -3.63. The van der Waals surface area contributed by atoms with Crippen molar-refractivity contribution in [2.24, 2.45) is 0 Å². The van der Waals surface area contributed by atoms with Gasteiger partial charge in [0, 0.05) is 13.6 Å². The third-order valence-electron chi connectivity index (χ3n) is 2.96. The molecule has 0 aliphatic carbocycles. The van der Waals surface area contributed by atoms with Crippen molar-refractivity contribution in [1.29, 1.82) is 0 Å². The third kappa shape index (κ3) is 2.92. The van der Waals surface area contributed by atoms with E-state index >= 15 is 0 Å². The van der Waals surface area contributed by atoms with Crippen LogP contribution >= 0.6 is 0 Å². The molecule has 2 rings (SSSR count). The quantitative estimate of drug-likeness (QED) is 0.665. The summed E-state index contributed by atoms with van der Waals surface area (Å²) in [4.78, 5) is 0.0613. The number of hydrogen-bond acceptors (Lipinski definition) is 4. The van der Waals surface area contributed by atoms with Gasteiger partial charge < -0.3 is 10.8 Å². The molecule has 0 radical (unpaired) electrons. The van der Waals surface area contributed by atoms with Gasteiger partial charge in [-0.3, -0.25) is 0 Å². The summed E-state index contributed by atoms with van der Waals surface area (Å²) in [6, 6.07) is 13.2. The maximum Gasteiger partial charge on any atom is 0.243 e. The highest BCUT2D eigenvalue weighted by atomic mass is 32.2. The summed E-state index contributed by atoms with van der Waals surface area (Å²) < 4.78 is 26.0. The first kappa shape index (κ1) is 14.4. The molecule has 3 N–H and O–H groups in total. The molecule has 0 aromatic heterocycles. The van der Waals surface area contributed by atoms with Crippen molar-refractivity contribution in [1.82, 2.24) is 4.31 Å². The van der Waals surface area contributed by atoms with Crippen LogP contribution in [0.15, 0.2) is 53.4 Å². The van der Waals surface area contributed by atoms with Crippen molar-refractivity contribution in [2.45, 2.75) is 11.4 Å². The lowest BCUT2D eigenvalue weighted by molar-refractivity contribution is 0.465. The van der Waals surface area contributed by atoms with Crippen LogP contribution in [0.4, 0.5) is 5.69 Å². The number of anilines is 1. The second-order valence-electron chi connectivity index (χ2n) is 4.47. The fraction of sp³-hybridized carbons (Fsp3) is 0.143. The molecule has 5 nitrogen and oxygen atoms in total. The molecule has 0 fully saturated rings. The number of sulfonamides is 1. The largest absolute Gasteiger partial charge is 0.506 e. The molecule has 106 valence electrons. The van der Waals surface area contributed by atoms with E-state index in [1.54, 1.807) is 0 Å². The van der Waals surface area contributed by atoms with Gasteiger partial charge in [0.1, 0.15) is 5.75 Å². The normalized spacial score (nSPS) is 11.7. The Kier molecular flexibility index (Phi) is 3.96. The third-order valence-corrected chi connectivity index (χ3v) is 4.75. The van der Waals surface area contributed by atoms with Crippen LogP contribution in [0.25, 0.3) is 0 Å². The van der Waals surface area contributed by atoms with Crippen molar-refractivity contribution < 1.29 is 13.5 Å². The van der Waals surface area contributed by atoms with Gasteiger partial charge in [-0.15, -0.1) is 0 Å². The van der Waals surface area contributed by atoms with Crippen LogP contribution in [0.5, 0.6) is 5.75 Å². The Labute approximate surface area is 118 Å². The van der Waals surface area contributed by atoms with Crippen LogP contribution < -0.4 is 5.73 Å². The van der Waals surface area contributed by atoms with Gasteiger partial charge in [-0.2, -0.15) is 4.31 Å². The van der Waals surface area contributed by atoms with Crippen LogP contribution in [-0.2, 0) is 16.6 Å². The maximum absolute atomic E-state index is 12.4. The van der Waals surface area contributed by atoms with Gasteiger partial charge in [-0.1, -0.05) is 30.3 Å². The van der Waals surface area contributed by atoms with Crippen molar-refractivity contribution in [3.8, 4) is 5.75 Å². The molecule has 0 amide bonds. The molecule has 0 atom stereocenters. The van der Waals surface area contributed by atoms with Gasteiger partial charge in [0.2, 0.25) is 10.0 Å². The molecule has 0 aliphatic heterocycles. The molecule has 2 aromatic rings. The molecule has 0 unspecified atom stereocenters. The number of benzene rings is 2. The van der Waals surface area contributed by atoms with E-state index in [1.165, 1.54) is 29.6 Å². The molecule has 0 saturated carbocycles. The first-order chi connectivity index (χ1) is 9.41. The lowest BCUT2D eigenvalue weighted by Crippen LogP contribution is -2.26. The maximum atomic E-state index is 12.4. The Bertz CT molecular complexity index is 700. The van der Waals surface area contributed by atoms with Crippen molar-refractivity contribution in [3.63, 3.8) is 0 Å². The Morgan fingerprint density at radius 3 is 2.40 bits per heavy atom. The number of nitrogens with two attached hydrogens (primary N) is 1. The number of phenols is 1. The molecule has 0 heterocycles. The Morgan fingerprint density at radius 1 is 1.15 bits per heavy atom. The van der Waals surface area contributed by atoms with Crippen molar-refractivity contribution in [2.75, 3.05) is 12.8 Å². The van der Waals surface area contributed by atoms with Crippen LogP contribution in [-0.4, -0.2) is 24.9 Å². The fourth-order valence-corrected chi connectivity index (χ4v) is 2.99. The Balaban J connectivity index is 2.27. The predicted molar refractivity (Wildman–Crippen MR) is 77.6 cm³/mol. The summed E-state index contributed by atoms with van der Waals surface area (Å²) in [5.41, 5.74) is 6.47.